The molecule has 0 amide bonds. The first-order valence-corrected chi connectivity index (χ1v) is 7.65. The Labute approximate surface area is 142 Å². The molecule has 24 heavy (non-hydrogen) atoms. The molecule has 0 spiro atoms. The lowest BCUT2D eigenvalue weighted by atomic mass is 9.90. The topological polar surface area (TPSA) is 41.6 Å². The van der Waals surface area contributed by atoms with Gasteiger partial charge in [0.1, 0.15) is 0 Å². The molecule has 3 rings (SSSR count). The van der Waals surface area contributed by atoms with Gasteiger partial charge in [0.15, 0.2) is 5.11 Å². The Bertz CT molecular complexity index is 787. The van der Waals surface area contributed by atoms with E-state index in [-0.39, 0.29) is 11.0 Å². The zero-order chi connectivity index (χ0) is 17.3. The first kappa shape index (κ1) is 16.4. The number of benzene rings is 2. The van der Waals surface area contributed by atoms with Crippen molar-refractivity contribution in [1.29, 1.82) is 0 Å². The number of alkyl halides is 3. The van der Waals surface area contributed by atoms with E-state index in [4.69, 9.17) is 18.0 Å². The Kier molecular flexibility index (Phi) is 4.28. The molecule has 2 aromatic rings. The van der Waals surface area contributed by atoms with Crippen LogP contribution < -0.4 is 5.73 Å². The van der Waals surface area contributed by atoms with Crippen LogP contribution in [-0.4, -0.2) is 22.4 Å². The molecule has 0 fully saturated rings. The molecular weight excluding hydrogens is 335 g/mol. The molecular formula is C17H14F3N3S. The Balaban J connectivity index is 2.05. The van der Waals surface area contributed by atoms with Crippen molar-refractivity contribution in [3.05, 3.63) is 71.3 Å². The van der Waals surface area contributed by atoms with Crippen LogP contribution in [0.5, 0.6) is 0 Å². The van der Waals surface area contributed by atoms with E-state index in [9.17, 15) is 13.2 Å². The lowest BCUT2D eigenvalue weighted by Gasteiger charge is -2.15. The summed E-state index contributed by atoms with van der Waals surface area (Å²) in [5.74, 6) is -0.198. The van der Waals surface area contributed by atoms with Gasteiger partial charge in [-0.1, -0.05) is 42.5 Å². The maximum absolute atomic E-state index is 13.0. The third-order valence-corrected chi connectivity index (χ3v) is 4.07. The molecule has 1 aliphatic heterocycles. The molecule has 0 saturated carbocycles. The van der Waals surface area contributed by atoms with E-state index in [0.29, 0.717) is 17.8 Å². The number of nitrogens with two attached hydrogens (primary N) is 1. The summed E-state index contributed by atoms with van der Waals surface area (Å²) in [6, 6.07) is 14.6. The van der Waals surface area contributed by atoms with E-state index < -0.39 is 11.7 Å². The maximum Gasteiger partial charge on any atom is 0.416 e. The first-order valence-electron chi connectivity index (χ1n) is 7.24. The molecule has 1 atom stereocenters. The van der Waals surface area contributed by atoms with Crippen LogP contribution in [-0.2, 0) is 6.18 Å². The van der Waals surface area contributed by atoms with E-state index in [1.165, 1.54) is 11.1 Å². The van der Waals surface area contributed by atoms with Gasteiger partial charge in [-0.15, -0.1) is 0 Å². The van der Waals surface area contributed by atoms with Crippen LogP contribution in [0.25, 0.3) is 0 Å². The average molecular weight is 349 g/mol. The second kappa shape index (κ2) is 6.24. The molecule has 1 unspecified atom stereocenters. The fraction of sp³-hybridized carbons (Fsp3) is 0.176. The van der Waals surface area contributed by atoms with Crippen molar-refractivity contribution in [2.24, 2.45) is 10.8 Å². The van der Waals surface area contributed by atoms with Crippen LogP contribution in [0.1, 0.15) is 22.6 Å². The van der Waals surface area contributed by atoms with Gasteiger partial charge in [0.25, 0.3) is 0 Å². The number of hydrogen-bond acceptors (Lipinski definition) is 2. The van der Waals surface area contributed by atoms with Crippen molar-refractivity contribution in [2.75, 3.05) is 6.54 Å². The molecule has 7 heteroatoms. The van der Waals surface area contributed by atoms with E-state index >= 15 is 0 Å². The Morgan fingerprint density at radius 2 is 1.83 bits per heavy atom. The minimum atomic E-state index is -4.40. The third-order valence-electron chi connectivity index (χ3n) is 3.86. The highest BCUT2D eigenvalue weighted by molar-refractivity contribution is 7.80. The van der Waals surface area contributed by atoms with Gasteiger partial charge in [-0.05, 0) is 35.5 Å². The minimum absolute atomic E-state index is 0.0953. The molecule has 0 radical (unpaired) electrons. The standard InChI is InChI=1S/C17H14F3N3S/c18-17(19,20)13-8-4-7-12(9-13)15-14(10-23(22-15)16(21)24)11-5-2-1-3-6-11/h1-9,14H,10H2,(H2,21,24). The van der Waals surface area contributed by atoms with E-state index in [1.54, 1.807) is 6.07 Å². The smallest absolute Gasteiger partial charge is 0.375 e. The van der Waals surface area contributed by atoms with Crippen molar-refractivity contribution in [3.8, 4) is 0 Å². The summed E-state index contributed by atoms with van der Waals surface area (Å²) in [4.78, 5) is 0. The summed E-state index contributed by atoms with van der Waals surface area (Å²) in [6.45, 7) is 0.408. The van der Waals surface area contributed by atoms with Crippen LogP contribution in [0.3, 0.4) is 0 Å². The molecule has 0 aliphatic carbocycles. The van der Waals surface area contributed by atoms with E-state index in [1.807, 2.05) is 30.3 Å². The second-order valence-electron chi connectivity index (χ2n) is 5.45. The molecule has 0 bridgehead atoms. The zero-order valence-electron chi connectivity index (χ0n) is 12.5. The molecule has 1 heterocycles. The highest BCUT2D eigenvalue weighted by Gasteiger charge is 2.34. The van der Waals surface area contributed by atoms with E-state index in [0.717, 1.165) is 17.7 Å². The molecule has 0 saturated heterocycles. The normalized spacial score (nSPS) is 17.7. The van der Waals surface area contributed by atoms with Gasteiger partial charge in [0.05, 0.1) is 17.8 Å². The summed E-state index contributed by atoms with van der Waals surface area (Å²) >= 11 is 4.96. The Hall–Kier alpha value is -2.41. The van der Waals surface area contributed by atoms with Gasteiger partial charge in [-0.25, -0.2) is 5.01 Å². The Morgan fingerprint density at radius 1 is 1.12 bits per heavy atom. The summed E-state index contributed by atoms with van der Waals surface area (Å²) in [7, 11) is 0. The van der Waals surface area contributed by atoms with Gasteiger partial charge in [-0.3, -0.25) is 0 Å². The molecule has 3 nitrogen and oxygen atoms in total. The number of hydrogen-bond donors (Lipinski definition) is 1. The number of hydrazone groups is 1. The van der Waals surface area contributed by atoms with Crippen molar-refractivity contribution in [1.82, 2.24) is 5.01 Å². The molecule has 0 aromatic heterocycles. The maximum atomic E-state index is 13.0. The summed E-state index contributed by atoms with van der Waals surface area (Å²) in [5, 5.41) is 5.90. The van der Waals surface area contributed by atoms with Crippen molar-refractivity contribution < 1.29 is 13.2 Å². The van der Waals surface area contributed by atoms with Gasteiger partial charge >= 0.3 is 6.18 Å². The summed E-state index contributed by atoms with van der Waals surface area (Å²) < 4.78 is 39.0. The zero-order valence-corrected chi connectivity index (χ0v) is 13.3. The number of thiocarbonyl (C=S) groups is 1. The molecule has 1 aliphatic rings. The van der Waals surface area contributed by atoms with Gasteiger partial charge in [0.2, 0.25) is 0 Å². The molecule has 124 valence electrons. The SMILES string of the molecule is NC(=S)N1CC(c2ccccc2)C(c2cccc(C(F)(F)F)c2)=N1. The minimum Gasteiger partial charge on any atom is -0.375 e. The van der Waals surface area contributed by atoms with Crippen molar-refractivity contribution >= 4 is 23.0 Å². The highest BCUT2D eigenvalue weighted by atomic mass is 32.1. The van der Waals surface area contributed by atoms with Crippen LogP contribution in [0.15, 0.2) is 59.7 Å². The summed E-state index contributed by atoms with van der Waals surface area (Å²) in [6.07, 6.45) is -4.40. The molecule has 2 aromatic carbocycles. The fourth-order valence-corrected chi connectivity index (χ4v) is 2.82. The lowest BCUT2D eigenvalue weighted by Crippen LogP contribution is -2.30. The predicted molar refractivity (Wildman–Crippen MR) is 90.7 cm³/mol. The highest BCUT2D eigenvalue weighted by Crippen LogP contribution is 2.33. The molecule has 2 N–H and O–H groups in total. The number of halogens is 3. The fourth-order valence-electron chi connectivity index (χ4n) is 2.70. The van der Waals surface area contributed by atoms with Crippen LogP contribution in [0, 0.1) is 0 Å². The average Bonchev–Trinajstić information content (AvgIpc) is 3.01. The quantitative estimate of drug-likeness (QED) is 0.840. The van der Waals surface area contributed by atoms with Crippen molar-refractivity contribution in [3.63, 3.8) is 0 Å². The van der Waals surface area contributed by atoms with Crippen LogP contribution in [0.2, 0.25) is 0 Å². The lowest BCUT2D eigenvalue weighted by molar-refractivity contribution is -0.137. The second-order valence-corrected chi connectivity index (χ2v) is 5.87. The van der Waals surface area contributed by atoms with Gasteiger partial charge in [0, 0.05) is 5.92 Å². The number of rotatable bonds is 2. The van der Waals surface area contributed by atoms with Crippen LogP contribution >= 0.6 is 12.2 Å². The summed E-state index contributed by atoms with van der Waals surface area (Å²) in [5.41, 5.74) is 6.84. The third kappa shape index (κ3) is 3.26. The number of nitrogens with zero attached hydrogens (tertiary/aromatic N) is 2. The first-order chi connectivity index (χ1) is 11.4. The van der Waals surface area contributed by atoms with Crippen LogP contribution in [0.4, 0.5) is 13.2 Å². The largest absolute Gasteiger partial charge is 0.416 e. The van der Waals surface area contributed by atoms with Gasteiger partial charge < -0.3 is 5.73 Å². The predicted octanol–water partition coefficient (Wildman–Crippen LogP) is 3.75. The Morgan fingerprint density at radius 3 is 2.46 bits per heavy atom. The van der Waals surface area contributed by atoms with Gasteiger partial charge in [-0.2, -0.15) is 18.3 Å². The van der Waals surface area contributed by atoms with E-state index in [2.05, 4.69) is 5.10 Å². The monoisotopic (exact) mass is 349 g/mol. The van der Waals surface area contributed by atoms with Crippen molar-refractivity contribution in [2.45, 2.75) is 12.1 Å².